The summed E-state index contributed by atoms with van der Waals surface area (Å²) in [7, 11) is 0. The number of ether oxygens (including phenoxy) is 1. The van der Waals surface area contributed by atoms with Gasteiger partial charge in [-0.1, -0.05) is 0 Å². The Hall–Kier alpha value is -2.70. The third-order valence-electron chi connectivity index (χ3n) is 2.66. The lowest BCUT2D eigenvalue weighted by atomic mass is 10.1. The van der Waals surface area contributed by atoms with Crippen LogP contribution < -0.4 is 10.5 Å². The van der Waals surface area contributed by atoms with Crippen molar-refractivity contribution >= 4 is 11.5 Å². The first-order valence-electron chi connectivity index (χ1n) is 6.09. The molecule has 0 atom stereocenters. The number of aryl methyl sites for hydroxylation is 1. The second-order valence-corrected chi connectivity index (χ2v) is 4.12. The van der Waals surface area contributed by atoms with Crippen molar-refractivity contribution < 1.29 is 9.66 Å². The molecule has 0 bridgehead atoms. The summed E-state index contributed by atoms with van der Waals surface area (Å²) < 4.78 is 5.35. The Labute approximate surface area is 115 Å². The summed E-state index contributed by atoms with van der Waals surface area (Å²) in [6, 6.07) is 6.50. The fraction of sp³-hybridized carbons (Fsp3) is 0.231. The lowest BCUT2D eigenvalue weighted by molar-refractivity contribution is -0.386. The molecule has 0 saturated carbocycles. The summed E-state index contributed by atoms with van der Waals surface area (Å²) >= 11 is 0. The molecule has 0 aliphatic heterocycles. The van der Waals surface area contributed by atoms with Crippen LogP contribution in [0.5, 0.6) is 5.88 Å². The summed E-state index contributed by atoms with van der Waals surface area (Å²) in [5, 5.41) is 10.8. The Morgan fingerprint density at radius 3 is 2.70 bits per heavy atom. The summed E-state index contributed by atoms with van der Waals surface area (Å²) in [6.07, 6.45) is 4.97. The van der Waals surface area contributed by atoms with Gasteiger partial charge < -0.3 is 10.5 Å². The van der Waals surface area contributed by atoms with Crippen LogP contribution in [0, 0.1) is 10.1 Å². The molecule has 2 N–H and O–H groups in total. The van der Waals surface area contributed by atoms with E-state index in [1.807, 2.05) is 12.1 Å². The van der Waals surface area contributed by atoms with Crippen LogP contribution in [0.25, 0.3) is 0 Å². The number of hydrogen-bond acceptors (Lipinski definition) is 6. The van der Waals surface area contributed by atoms with Crippen molar-refractivity contribution in [3.63, 3.8) is 0 Å². The topological polar surface area (TPSA) is 104 Å². The molecule has 104 valence electrons. The van der Waals surface area contributed by atoms with Crippen molar-refractivity contribution in [2.24, 2.45) is 0 Å². The van der Waals surface area contributed by atoms with Gasteiger partial charge in [-0.2, -0.15) is 4.98 Å². The third kappa shape index (κ3) is 3.64. The van der Waals surface area contributed by atoms with Crippen molar-refractivity contribution in [2.75, 3.05) is 12.3 Å². The molecule has 2 heterocycles. The van der Waals surface area contributed by atoms with Crippen molar-refractivity contribution in [1.29, 1.82) is 0 Å². The quantitative estimate of drug-likeness (QED) is 0.490. The number of nitrogens with zero attached hydrogens (tertiary/aromatic N) is 3. The first-order valence-corrected chi connectivity index (χ1v) is 6.09. The summed E-state index contributed by atoms with van der Waals surface area (Å²) in [5.74, 6) is 0.157. The van der Waals surface area contributed by atoms with E-state index in [-0.39, 0.29) is 17.4 Å². The van der Waals surface area contributed by atoms with Gasteiger partial charge in [0.25, 0.3) is 5.88 Å². The van der Waals surface area contributed by atoms with Crippen LogP contribution >= 0.6 is 0 Å². The van der Waals surface area contributed by atoms with Gasteiger partial charge in [0.1, 0.15) is 5.82 Å². The largest absolute Gasteiger partial charge is 0.473 e. The van der Waals surface area contributed by atoms with Crippen LogP contribution in [-0.4, -0.2) is 21.5 Å². The van der Waals surface area contributed by atoms with E-state index in [1.54, 1.807) is 12.4 Å². The number of rotatable bonds is 6. The average Bonchev–Trinajstić information content (AvgIpc) is 2.44. The van der Waals surface area contributed by atoms with Gasteiger partial charge in [-0.3, -0.25) is 15.1 Å². The van der Waals surface area contributed by atoms with Crippen molar-refractivity contribution in [3.8, 4) is 5.88 Å². The van der Waals surface area contributed by atoms with E-state index >= 15 is 0 Å². The van der Waals surface area contributed by atoms with E-state index in [0.29, 0.717) is 6.61 Å². The number of nitrogens with two attached hydrogens (primary N) is 1. The molecular weight excluding hydrogens is 260 g/mol. The maximum absolute atomic E-state index is 10.8. The molecule has 0 amide bonds. The second kappa shape index (κ2) is 6.46. The van der Waals surface area contributed by atoms with Gasteiger partial charge in [0.2, 0.25) is 0 Å². The fourth-order valence-corrected chi connectivity index (χ4v) is 1.69. The van der Waals surface area contributed by atoms with Gasteiger partial charge in [0, 0.05) is 18.5 Å². The first-order chi connectivity index (χ1) is 9.66. The minimum absolute atomic E-state index is 0.0373. The SMILES string of the molecule is Nc1ccc([N+](=O)[O-])c(OCCCc2ccncc2)n1. The van der Waals surface area contributed by atoms with Crippen LogP contribution in [0.4, 0.5) is 11.5 Å². The Balaban J connectivity index is 1.91. The molecule has 0 unspecified atom stereocenters. The third-order valence-corrected chi connectivity index (χ3v) is 2.66. The number of pyridine rings is 2. The molecule has 2 aromatic heterocycles. The van der Waals surface area contributed by atoms with E-state index in [9.17, 15) is 10.1 Å². The predicted molar refractivity (Wildman–Crippen MR) is 73.4 cm³/mol. The van der Waals surface area contributed by atoms with Crippen LogP contribution in [0.1, 0.15) is 12.0 Å². The van der Waals surface area contributed by atoms with Gasteiger partial charge in [0.05, 0.1) is 11.5 Å². The highest BCUT2D eigenvalue weighted by atomic mass is 16.6. The van der Waals surface area contributed by atoms with Gasteiger partial charge >= 0.3 is 5.69 Å². The van der Waals surface area contributed by atoms with Gasteiger partial charge in [0.15, 0.2) is 0 Å². The van der Waals surface area contributed by atoms with E-state index in [2.05, 4.69) is 9.97 Å². The Bertz CT molecular complexity index is 589. The number of aromatic nitrogens is 2. The molecule has 7 heteroatoms. The fourth-order valence-electron chi connectivity index (χ4n) is 1.69. The summed E-state index contributed by atoms with van der Waals surface area (Å²) in [4.78, 5) is 18.1. The molecule has 0 spiro atoms. The highest BCUT2D eigenvalue weighted by Crippen LogP contribution is 2.25. The molecular formula is C13H14N4O3. The van der Waals surface area contributed by atoms with E-state index in [0.717, 1.165) is 18.4 Å². The van der Waals surface area contributed by atoms with Crippen LogP contribution in [0.15, 0.2) is 36.7 Å². The minimum atomic E-state index is -0.537. The Morgan fingerprint density at radius 2 is 2.00 bits per heavy atom. The lowest BCUT2D eigenvalue weighted by Crippen LogP contribution is -2.05. The highest BCUT2D eigenvalue weighted by Gasteiger charge is 2.16. The zero-order valence-electron chi connectivity index (χ0n) is 10.7. The molecule has 0 fully saturated rings. The van der Waals surface area contributed by atoms with Crippen molar-refractivity contribution in [3.05, 3.63) is 52.3 Å². The van der Waals surface area contributed by atoms with Gasteiger partial charge in [-0.05, 0) is 36.6 Å². The van der Waals surface area contributed by atoms with Crippen LogP contribution in [-0.2, 0) is 6.42 Å². The number of anilines is 1. The zero-order chi connectivity index (χ0) is 14.4. The maximum Gasteiger partial charge on any atom is 0.331 e. The van der Waals surface area contributed by atoms with Crippen LogP contribution in [0.3, 0.4) is 0 Å². The molecule has 0 aromatic carbocycles. The minimum Gasteiger partial charge on any atom is -0.473 e. The summed E-state index contributed by atoms with van der Waals surface area (Å²) in [5.41, 5.74) is 6.46. The van der Waals surface area contributed by atoms with E-state index in [4.69, 9.17) is 10.5 Å². The first kappa shape index (κ1) is 13.7. The smallest absolute Gasteiger partial charge is 0.331 e. The van der Waals surface area contributed by atoms with E-state index in [1.165, 1.54) is 12.1 Å². The standard InChI is InChI=1S/C13H14N4O3/c14-12-4-3-11(17(18)19)13(16-12)20-9-1-2-10-5-7-15-8-6-10/h3-8H,1-2,9H2,(H2,14,16). The van der Waals surface area contributed by atoms with Crippen LogP contribution in [0.2, 0.25) is 0 Å². The monoisotopic (exact) mass is 274 g/mol. The average molecular weight is 274 g/mol. The van der Waals surface area contributed by atoms with Crippen molar-refractivity contribution in [1.82, 2.24) is 9.97 Å². The predicted octanol–water partition coefficient (Wildman–Crippen LogP) is 1.98. The van der Waals surface area contributed by atoms with E-state index < -0.39 is 4.92 Å². The lowest BCUT2D eigenvalue weighted by Gasteiger charge is -2.06. The highest BCUT2D eigenvalue weighted by molar-refractivity contribution is 5.46. The molecule has 0 aliphatic carbocycles. The molecule has 0 radical (unpaired) electrons. The second-order valence-electron chi connectivity index (χ2n) is 4.12. The molecule has 20 heavy (non-hydrogen) atoms. The molecule has 7 nitrogen and oxygen atoms in total. The van der Waals surface area contributed by atoms with Crippen molar-refractivity contribution in [2.45, 2.75) is 12.8 Å². The maximum atomic E-state index is 10.8. The summed E-state index contributed by atoms with van der Waals surface area (Å²) in [6.45, 7) is 0.333. The molecule has 0 saturated heterocycles. The Kier molecular flexibility index (Phi) is 4.43. The molecule has 2 aromatic rings. The number of nitrogen functional groups attached to an aromatic ring is 1. The van der Waals surface area contributed by atoms with Gasteiger partial charge in [-0.15, -0.1) is 0 Å². The Morgan fingerprint density at radius 1 is 1.25 bits per heavy atom. The number of nitro groups is 1. The number of hydrogen-bond donors (Lipinski definition) is 1. The van der Waals surface area contributed by atoms with Gasteiger partial charge in [-0.25, -0.2) is 0 Å². The zero-order valence-corrected chi connectivity index (χ0v) is 10.7. The molecule has 0 aliphatic rings. The normalized spacial score (nSPS) is 10.2. The molecule has 2 rings (SSSR count).